The molecule has 0 aliphatic heterocycles. The molecule has 2 aromatic rings. The van der Waals surface area contributed by atoms with Crippen molar-refractivity contribution in [1.29, 1.82) is 0 Å². The van der Waals surface area contributed by atoms with E-state index in [0.29, 0.717) is 21.7 Å². The predicted octanol–water partition coefficient (Wildman–Crippen LogP) is 3.26. The molecule has 0 bridgehead atoms. The summed E-state index contributed by atoms with van der Waals surface area (Å²) >= 11 is 1.31. The summed E-state index contributed by atoms with van der Waals surface area (Å²) in [5, 5.41) is 1.79. The lowest BCUT2D eigenvalue weighted by Gasteiger charge is -2.12. The number of ether oxygens (including phenoxy) is 2. The van der Waals surface area contributed by atoms with E-state index in [1.165, 1.54) is 25.4 Å². The van der Waals surface area contributed by atoms with E-state index in [9.17, 15) is 19.2 Å². The minimum Gasteiger partial charge on any atom is -0.465 e. The number of H-pyrrole nitrogens is 1. The van der Waals surface area contributed by atoms with Crippen LogP contribution in [0.15, 0.2) is 17.5 Å². The third-order valence-corrected chi connectivity index (χ3v) is 5.01. The first-order valence-electron chi connectivity index (χ1n) is 8.34. The number of hydrogen-bond donors (Lipinski definition) is 1. The van der Waals surface area contributed by atoms with Gasteiger partial charge in [0.25, 0.3) is 0 Å². The van der Waals surface area contributed by atoms with Gasteiger partial charge in [0.2, 0.25) is 5.78 Å². The van der Waals surface area contributed by atoms with Gasteiger partial charge in [-0.2, -0.15) is 0 Å². The number of Topliss-reactive ketones (excluding diaryl/α,β-unsaturated/α-hetero) is 2. The second kappa shape index (κ2) is 8.77. The number of nitrogens with one attached hydrogen (secondary N) is 1. The molecule has 0 aliphatic rings. The Morgan fingerprint density at radius 3 is 2.48 bits per heavy atom. The van der Waals surface area contributed by atoms with Gasteiger partial charge in [0, 0.05) is 12.1 Å². The molecule has 2 heterocycles. The van der Waals surface area contributed by atoms with Gasteiger partial charge in [-0.05, 0) is 37.8 Å². The molecule has 7 nitrogen and oxygen atoms in total. The highest BCUT2D eigenvalue weighted by Crippen LogP contribution is 2.21. The molecule has 2 aromatic heterocycles. The van der Waals surface area contributed by atoms with Crippen molar-refractivity contribution in [3.05, 3.63) is 44.9 Å². The van der Waals surface area contributed by atoms with Gasteiger partial charge >= 0.3 is 11.9 Å². The first-order chi connectivity index (χ1) is 12.8. The highest BCUT2D eigenvalue weighted by atomic mass is 32.1. The summed E-state index contributed by atoms with van der Waals surface area (Å²) in [5.41, 5.74) is 1.44. The molecule has 0 aromatic carbocycles. The second-order valence-electron chi connectivity index (χ2n) is 6.01. The third kappa shape index (κ3) is 4.71. The molecule has 0 amide bonds. The van der Waals surface area contributed by atoms with E-state index in [2.05, 4.69) is 4.98 Å². The number of carbonyl (C=O) groups is 4. The van der Waals surface area contributed by atoms with Gasteiger partial charge in [0.15, 0.2) is 11.9 Å². The number of carbonyl (C=O) groups excluding carboxylic acids is 4. The summed E-state index contributed by atoms with van der Waals surface area (Å²) in [5.74, 6) is -1.77. The molecular weight excluding hydrogens is 370 g/mol. The van der Waals surface area contributed by atoms with Crippen molar-refractivity contribution >= 4 is 34.8 Å². The number of ketones is 2. The predicted molar refractivity (Wildman–Crippen MR) is 99.4 cm³/mol. The molecule has 0 aliphatic carbocycles. The zero-order chi connectivity index (χ0) is 20.1. The molecule has 8 heteroatoms. The Morgan fingerprint density at radius 1 is 1.19 bits per heavy atom. The van der Waals surface area contributed by atoms with Crippen LogP contribution < -0.4 is 0 Å². The van der Waals surface area contributed by atoms with Crippen LogP contribution in [0.25, 0.3) is 0 Å². The molecule has 144 valence electrons. The van der Waals surface area contributed by atoms with Crippen LogP contribution in [0, 0.1) is 13.8 Å². The monoisotopic (exact) mass is 391 g/mol. The Hall–Kier alpha value is -2.74. The largest absolute Gasteiger partial charge is 0.465 e. The minimum atomic E-state index is -1.04. The summed E-state index contributed by atoms with van der Waals surface area (Å²) in [7, 11) is 1.26. The summed E-state index contributed by atoms with van der Waals surface area (Å²) < 4.78 is 9.87. The zero-order valence-corrected chi connectivity index (χ0v) is 16.4. The molecule has 2 rings (SSSR count). The van der Waals surface area contributed by atoms with Crippen molar-refractivity contribution in [3.8, 4) is 0 Å². The number of aromatic nitrogens is 1. The van der Waals surface area contributed by atoms with Crippen LogP contribution in [-0.2, 0) is 14.3 Å². The number of thiophene rings is 1. The van der Waals surface area contributed by atoms with Crippen molar-refractivity contribution in [2.45, 2.75) is 39.7 Å². The highest BCUT2D eigenvalue weighted by Gasteiger charge is 2.27. The van der Waals surface area contributed by atoms with E-state index in [0.717, 1.165) is 0 Å². The molecule has 1 atom stereocenters. The van der Waals surface area contributed by atoms with Gasteiger partial charge in [-0.25, -0.2) is 4.79 Å². The van der Waals surface area contributed by atoms with Crippen LogP contribution in [0.1, 0.15) is 61.5 Å². The molecule has 0 radical (unpaired) electrons. The van der Waals surface area contributed by atoms with Crippen molar-refractivity contribution in [3.63, 3.8) is 0 Å². The van der Waals surface area contributed by atoms with Gasteiger partial charge < -0.3 is 14.5 Å². The molecule has 0 fully saturated rings. The van der Waals surface area contributed by atoms with E-state index < -0.39 is 23.8 Å². The molecule has 0 spiro atoms. The molecular formula is C19H21NO6S. The number of hydrogen-bond acceptors (Lipinski definition) is 7. The lowest BCUT2D eigenvalue weighted by atomic mass is 10.1. The van der Waals surface area contributed by atoms with Crippen molar-refractivity contribution in [2.75, 3.05) is 7.11 Å². The number of aromatic amines is 1. The van der Waals surface area contributed by atoms with Gasteiger partial charge in [0.05, 0.1) is 29.7 Å². The highest BCUT2D eigenvalue weighted by molar-refractivity contribution is 7.12. The first-order valence-corrected chi connectivity index (χ1v) is 9.22. The molecule has 0 unspecified atom stereocenters. The zero-order valence-electron chi connectivity index (χ0n) is 15.6. The normalized spacial score (nSPS) is 11.7. The second-order valence-corrected chi connectivity index (χ2v) is 6.96. The van der Waals surface area contributed by atoms with Crippen molar-refractivity contribution in [2.24, 2.45) is 0 Å². The van der Waals surface area contributed by atoms with E-state index in [4.69, 9.17) is 9.47 Å². The lowest BCUT2D eigenvalue weighted by molar-refractivity contribution is -0.146. The van der Waals surface area contributed by atoms with Crippen LogP contribution in [0.2, 0.25) is 0 Å². The lowest BCUT2D eigenvalue weighted by Crippen LogP contribution is -2.25. The Morgan fingerprint density at radius 2 is 1.89 bits per heavy atom. The Labute approximate surface area is 160 Å². The number of esters is 2. The van der Waals surface area contributed by atoms with Crippen molar-refractivity contribution in [1.82, 2.24) is 4.98 Å². The summed E-state index contributed by atoms with van der Waals surface area (Å²) in [6.07, 6.45) is -1.13. The van der Waals surface area contributed by atoms with E-state index in [1.54, 1.807) is 31.4 Å². The van der Waals surface area contributed by atoms with Gasteiger partial charge in [0.1, 0.15) is 0 Å². The first kappa shape index (κ1) is 20.6. The fourth-order valence-corrected chi connectivity index (χ4v) is 3.39. The van der Waals surface area contributed by atoms with E-state index >= 15 is 0 Å². The molecule has 27 heavy (non-hydrogen) atoms. The quantitative estimate of drug-likeness (QED) is 0.547. The van der Waals surface area contributed by atoms with Gasteiger partial charge in [-0.3, -0.25) is 14.4 Å². The van der Waals surface area contributed by atoms with Crippen LogP contribution in [-0.4, -0.2) is 41.7 Å². The fraction of sp³-hybridized carbons (Fsp3) is 0.368. The summed E-state index contributed by atoms with van der Waals surface area (Å²) in [6, 6.07) is 3.46. The van der Waals surface area contributed by atoms with E-state index in [-0.39, 0.29) is 24.3 Å². The maximum Gasteiger partial charge on any atom is 0.339 e. The summed E-state index contributed by atoms with van der Waals surface area (Å²) in [6.45, 7) is 4.73. The summed E-state index contributed by atoms with van der Waals surface area (Å²) in [4.78, 5) is 51.7. The SMILES string of the molecule is COC(=O)c1c(C)[nH]c(C(=O)[C@@H](C)OC(=O)CCC(=O)c2cccs2)c1C. The number of aryl methyl sites for hydroxylation is 1. The van der Waals surface area contributed by atoms with Gasteiger partial charge in [-0.15, -0.1) is 11.3 Å². The minimum absolute atomic E-state index is 0.0212. The molecule has 0 saturated heterocycles. The van der Waals surface area contributed by atoms with Crippen LogP contribution in [0.4, 0.5) is 0 Å². The fourth-order valence-electron chi connectivity index (χ4n) is 2.69. The van der Waals surface area contributed by atoms with Crippen LogP contribution in [0.5, 0.6) is 0 Å². The smallest absolute Gasteiger partial charge is 0.339 e. The Balaban J connectivity index is 1.98. The average molecular weight is 391 g/mol. The maximum atomic E-state index is 12.6. The molecule has 0 saturated carbocycles. The number of rotatable bonds is 8. The Kier molecular flexibility index (Phi) is 6.68. The third-order valence-electron chi connectivity index (χ3n) is 4.10. The van der Waals surface area contributed by atoms with Crippen LogP contribution >= 0.6 is 11.3 Å². The van der Waals surface area contributed by atoms with Crippen LogP contribution in [0.3, 0.4) is 0 Å². The number of methoxy groups -OCH3 is 1. The maximum absolute atomic E-state index is 12.6. The standard InChI is InChI=1S/C19H21NO6S/c1-10-16(19(24)25-4)11(2)20-17(10)18(23)12(3)26-15(22)8-7-13(21)14-6-5-9-27-14/h5-6,9,12,20H,7-8H2,1-4H3/t12-/m1/s1. The topological polar surface area (TPSA) is 103 Å². The Bertz CT molecular complexity index is 865. The van der Waals surface area contributed by atoms with E-state index in [1.807, 2.05) is 0 Å². The van der Waals surface area contributed by atoms with Gasteiger partial charge in [-0.1, -0.05) is 6.07 Å². The van der Waals surface area contributed by atoms with Crippen molar-refractivity contribution < 1.29 is 28.7 Å². The average Bonchev–Trinajstić information content (AvgIpc) is 3.26. The molecule has 1 N–H and O–H groups in total.